The zero-order valence-corrected chi connectivity index (χ0v) is 11.3. The average Bonchev–Trinajstić information content (AvgIpc) is 2.14. The Kier molecular flexibility index (Phi) is 4.01. The Hall–Kier alpha value is -1.26. The topological polar surface area (TPSA) is 49.9 Å². The van der Waals surface area contributed by atoms with Crippen LogP contribution in [0.15, 0.2) is 0 Å². The van der Waals surface area contributed by atoms with E-state index < -0.39 is 5.60 Å². The zero-order valence-electron chi connectivity index (χ0n) is 11.3. The van der Waals surface area contributed by atoms with Crippen LogP contribution in [0.4, 0.5) is 4.79 Å². The number of amides is 2. The largest absolute Gasteiger partial charge is 0.444 e. The number of carbonyl (C=O) groups excluding carboxylic acids is 2. The van der Waals surface area contributed by atoms with Gasteiger partial charge >= 0.3 is 6.09 Å². The van der Waals surface area contributed by atoms with Gasteiger partial charge < -0.3 is 14.5 Å². The fourth-order valence-electron chi connectivity index (χ4n) is 1.84. The maximum Gasteiger partial charge on any atom is 0.410 e. The van der Waals surface area contributed by atoms with Crippen molar-refractivity contribution in [2.75, 3.05) is 19.6 Å². The second kappa shape index (κ2) is 4.94. The van der Waals surface area contributed by atoms with Crippen molar-refractivity contribution in [3.05, 3.63) is 0 Å². The van der Waals surface area contributed by atoms with E-state index in [1.54, 1.807) is 16.7 Å². The molecule has 1 aliphatic rings. The fourth-order valence-corrected chi connectivity index (χ4v) is 1.84. The highest BCUT2D eigenvalue weighted by Crippen LogP contribution is 2.15. The van der Waals surface area contributed by atoms with E-state index in [9.17, 15) is 9.59 Å². The second-order valence-corrected chi connectivity index (χ2v) is 5.49. The Bertz CT molecular complexity index is 309. The van der Waals surface area contributed by atoms with E-state index in [1.165, 1.54) is 0 Å². The van der Waals surface area contributed by atoms with Gasteiger partial charge in [0.2, 0.25) is 5.91 Å². The van der Waals surface area contributed by atoms with Gasteiger partial charge in [-0.25, -0.2) is 4.79 Å². The molecule has 0 saturated carbocycles. The van der Waals surface area contributed by atoms with Gasteiger partial charge in [0.25, 0.3) is 0 Å². The quantitative estimate of drug-likeness (QED) is 0.646. The third-order valence-electron chi connectivity index (χ3n) is 2.70. The van der Waals surface area contributed by atoms with Crippen molar-refractivity contribution >= 4 is 12.0 Å². The molecule has 1 aliphatic heterocycles. The number of carbonyl (C=O) groups is 2. The zero-order chi connectivity index (χ0) is 13.2. The summed E-state index contributed by atoms with van der Waals surface area (Å²) in [7, 11) is 0. The number of hydrogen-bond acceptors (Lipinski definition) is 3. The number of rotatable bonds is 0. The van der Waals surface area contributed by atoms with Gasteiger partial charge in [0.05, 0.1) is 0 Å². The van der Waals surface area contributed by atoms with Crippen LogP contribution in [0.25, 0.3) is 0 Å². The lowest BCUT2D eigenvalue weighted by atomic mass is 10.2. The molecule has 5 nitrogen and oxygen atoms in total. The monoisotopic (exact) mass is 242 g/mol. The van der Waals surface area contributed by atoms with Gasteiger partial charge in [-0.2, -0.15) is 0 Å². The highest BCUT2D eigenvalue weighted by Gasteiger charge is 2.31. The average molecular weight is 242 g/mol. The molecule has 0 aromatic carbocycles. The molecule has 0 N–H and O–H groups in total. The Balaban J connectivity index is 2.58. The summed E-state index contributed by atoms with van der Waals surface area (Å²) < 4.78 is 5.33. The molecule has 1 unspecified atom stereocenters. The minimum atomic E-state index is -0.478. The molecular formula is C12H22N2O3. The maximum atomic E-state index is 11.9. The summed E-state index contributed by atoms with van der Waals surface area (Å²) in [6.07, 6.45) is -0.298. The molecule has 1 saturated heterocycles. The summed E-state index contributed by atoms with van der Waals surface area (Å²) in [5, 5.41) is 0. The normalized spacial score (nSPS) is 21.4. The van der Waals surface area contributed by atoms with Crippen molar-refractivity contribution < 1.29 is 14.3 Å². The minimum Gasteiger partial charge on any atom is -0.444 e. The predicted octanol–water partition coefficient (Wildman–Crippen LogP) is 1.47. The van der Waals surface area contributed by atoms with E-state index in [0.29, 0.717) is 19.6 Å². The van der Waals surface area contributed by atoms with Crippen molar-refractivity contribution in [2.45, 2.75) is 46.3 Å². The minimum absolute atomic E-state index is 0.00231. The molecule has 0 spiro atoms. The first-order valence-electron chi connectivity index (χ1n) is 5.96. The molecule has 0 radical (unpaired) electrons. The molecule has 17 heavy (non-hydrogen) atoms. The molecule has 5 heteroatoms. The fraction of sp³-hybridized carbons (Fsp3) is 0.833. The lowest BCUT2D eigenvalue weighted by Gasteiger charge is -2.39. The number of piperazine rings is 1. The van der Waals surface area contributed by atoms with Gasteiger partial charge in [-0.15, -0.1) is 0 Å². The Morgan fingerprint density at radius 3 is 2.24 bits per heavy atom. The van der Waals surface area contributed by atoms with E-state index in [-0.39, 0.29) is 18.0 Å². The van der Waals surface area contributed by atoms with Gasteiger partial charge in [-0.1, -0.05) is 0 Å². The van der Waals surface area contributed by atoms with Crippen molar-refractivity contribution in [2.24, 2.45) is 0 Å². The van der Waals surface area contributed by atoms with Gasteiger partial charge in [0, 0.05) is 32.6 Å². The highest BCUT2D eigenvalue weighted by molar-refractivity contribution is 5.74. The van der Waals surface area contributed by atoms with Crippen molar-refractivity contribution in [1.82, 2.24) is 9.80 Å². The molecule has 2 amide bonds. The molecule has 0 bridgehead atoms. The summed E-state index contributed by atoms with van der Waals surface area (Å²) >= 11 is 0. The van der Waals surface area contributed by atoms with Crippen LogP contribution in [-0.4, -0.2) is 53.1 Å². The lowest BCUT2D eigenvalue weighted by Crippen LogP contribution is -2.55. The van der Waals surface area contributed by atoms with Crippen LogP contribution in [0, 0.1) is 0 Å². The Morgan fingerprint density at radius 1 is 1.24 bits per heavy atom. The van der Waals surface area contributed by atoms with Crippen LogP contribution in [0.1, 0.15) is 34.6 Å². The molecule has 1 fully saturated rings. The third kappa shape index (κ3) is 3.91. The maximum absolute atomic E-state index is 11.9. The molecule has 0 aliphatic carbocycles. The number of nitrogens with zero attached hydrogens (tertiary/aromatic N) is 2. The lowest BCUT2D eigenvalue weighted by molar-refractivity contribution is -0.131. The van der Waals surface area contributed by atoms with Gasteiger partial charge in [-0.05, 0) is 27.7 Å². The Morgan fingerprint density at radius 2 is 1.82 bits per heavy atom. The SMILES string of the molecule is CC(=O)N1CCN(C(=O)OC(C)(C)C)C(C)C1. The van der Waals surface area contributed by atoms with Gasteiger partial charge in [-0.3, -0.25) is 4.79 Å². The number of ether oxygens (including phenoxy) is 1. The van der Waals surface area contributed by atoms with E-state index in [0.717, 1.165) is 0 Å². The molecular weight excluding hydrogens is 220 g/mol. The molecule has 98 valence electrons. The van der Waals surface area contributed by atoms with Crippen molar-refractivity contribution in [1.29, 1.82) is 0 Å². The molecule has 0 aromatic heterocycles. The molecule has 1 heterocycles. The second-order valence-electron chi connectivity index (χ2n) is 5.49. The van der Waals surface area contributed by atoms with Gasteiger partial charge in [0.1, 0.15) is 5.60 Å². The van der Waals surface area contributed by atoms with E-state index >= 15 is 0 Å². The van der Waals surface area contributed by atoms with Crippen LogP contribution in [-0.2, 0) is 9.53 Å². The molecule has 1 rings (SSSR count). The van der Waals surface area contributed by atoms with Crippen LogP contribution in [0.3, 0.4) is 0 Å². The summed E-state index contributed by atoms with van der Waals surface area (Å²) in [4.78, 5) is 26.6. The van der Waals surface area contributed by atoms with E-state index in [1.807, 2.05) is 27.7 Å². The highest BCUT2D eigenvalue weighted by atomic mass is 16.6. The molecule has 1 atom stereocenters. The van der Waals surface area contributed by atoms with E-state index in [4.69, 9.17) is 4.74 Å². The number of hydrogen-bond donors (Lipinski definition) is 0. The van der Waals surface area contributed by atoms with Gasteiger partial charge in [0.15, 0.2) is 0 Å². The first kappa shape index (κ1) is 13.8. The van der Waals surface area contributed by atoms with Crippen LogP contribution >= 0.6 is 0 Å². The van der Waals surface area contributed by atoms with Crippen molar-refractivity contribution in [3.63, 3.8) is 0 Å². The van der Waals surface area contributed by atoms with Crippen LogP contribution < -0.4 is 0 Å². The summed E-state index contributed by atoms with van der Waals surface area (Å²) in [6, 6.07) is 0.00231. The standard InChI is InChI=1S/C12H22N2O3/c1-9-8-13(10(2)15)6-7-14(9)11(16)17-12(3,4)5/h9H,6-8H2,1-5H3. The first-order valence-corrected chi connectivity index (χ1v) is 5.96. The van der Waals surface area contributed by atoms with Crippen LogP contribution in [0.5, 0.6) is 0 Å². The Labute approximate surface area is 103 Å². The first-order chi connectivity index (χ1) is 7.70. The van der Waals surface area contributed by atoms with E-state index in [2.05, 4.69) is 0 Å². The summed E-state index contributed by atoms with van der Waals surface area (Å²) in [5.74, 6) is 0.0562. The summed E-state index contributed by atoms with van der Waals surface area (Å²) in [5.41, 5.74) is -0.478. The summed E-state index contributed by atoms with van der Waals surface area (Å²) in [6.45, 7) is 10.7. The van der Waals surface area contributed by atoms with Crippen molar-refractivity contribution in [3.8, 4) is 0 Å². The third-order valence-corrected chi connectivity index (χ3v) is 2.70. The smallest absolute Gasteiger partial charge is 0.410 e. The predicted molar refractivity (Wildman–Crippen MR) is 64.7 cm³/mol. The molecule has 0 aromatic rings. The van der Waals surface area contributed by atoms with Crippen LogP contribution in [0.2, 0.25) is 0 Å².